The largest absolute Gasteiger partial charge is 0.497 e. The number of aliphatic carboxylic acids is 1. The van der Waals surface area contributed by atoms with Gasteiger partial charge in [-0.3, -0.25) is 4.79 Å². The van der Waals surface area contributed by atoms with Crippen molar-refractivity contribution in [3.05, 3.63) is 29.8 Å². The fourth-order valence-corrected chi connectivity index (χ4v) is 2.24. The summed E-state index contributed by atoms with van der Waals surface area (Å²) in [6.45, 7) is 3.37. The topological polar surface area (TPSA) is 66.8 Å². The van der Waals surface area contributed by atoms with Crippen LogP contribution in [0.4, 0.5) is 0 Å². The summed E-state index contributed by atoms with van der Waals surface area (Å²) in [6.07, 6.45) is 1.48. The van der Waals surface area contributed by atoms with E-state index in [2.05, 4.69) is 0 Å². The zero-order valence-electron chi connectivity index (χ0n) is 11.7. The Balaban J connectivity index is 2.65. The maximum absolute atomic E-state index is 11.1. The zero-order chi connectivity index (χ0) is 14.5. The Morgan fingerprint density at radius 2 is 1.95 bits per heavy atom. The van der Waals surface area contributed by atoms with Crippen molar-refractivity contribution < 1.29 is 19.7 Å². The summed E-state index contributed by atoms with van der Waals surface area (Å²) >= 11 is 0. The van der Waals surface area contributed by atoms with Gasteiger partial charge in [-0.15, -0.1) is 0 Å². The molecule has 0 bridgehead atoms. The zero-order valence-corrected chi connectivity index (χ0v) is 11.7. The van der Waals surface area contributed by atoms with Crippen LogP contribution >= 0.6 is 0 Å². The number of ether oxygens (including phenoxy) is 1. The van der Waals surface area contributed by atoms with Crippen molar-refractivity contribution in [3.63, 3.8) is 0 Å². The highest BCUT2D eigenvalue weighted by molar-refractivity contribution is 5.71. The molecule has 0 spiro atoms. The van der Waals surface area contributed by atoms with Gasteiger partial charge in [0.2, 0.25) is 0 Å². The molecular formula is C15H22O4. The summed E-state index contributed by atoms with van der Waals surface area (Å²) < 4.78 is 5.07. The summed E-state index contributed by atoms with van der Waals surface area (Å²) in [5, 5.41) is 19.4. The third kappa shape index (κ3) is 4.24. The van der Waals surface area contributed by atoms with E-state index in [0.717, 1.165) is 11.3 Å². The van der Waals surface area contributed by atoms with Gasteiger partial charge in [-0.25, -0.2) is 0 Å². The molecule has 1 aromatic rings. The standard InChI is InChI=1S/C15H22O4/c1-4-13(14(16)17)15(2,18)10-9-11-5-7-12(19-3)8-6-11/h5-8,13,18H,4,9-10H2,1-3H3,(H,16,17). The van der Waals surface area contributed by atoms with Gasteiger partial charge in [0.25, 0.3) is 0 Å². The van der Waals surface area contributed by atoms with E-state index in [-0.39, 0.29) is 0 Å². The van der Waals surface area contributed by atoms with Crippen LogP contribution in [0.1, 0.15) is 32.3 Å². The predicted molar refractivity (Wildman–Crippen MR) is 73.4 cm³/mol. The minimum Gasteiger partial charge on any atom is -0.497 e. The number of hydrogen-bond donors (Lipinski definition) is 2. The van der Waals surface area contributed by atoms with Crippen LogP contribution < -0.4 is 4.74 Å². The van der Waals surface area contributed by atoms with Gasteiger partial charge in [-0.05, 0) is 43.9 Å². The van der Waals surface area contributed by atoms with Gasteiger partial charge in [0.05, 0.1) is 18.6 Å². The van der Waals surface area contributed by atoms with Crippen molar-refractivity contribution in [1.82, 2.24) is 0 Å². The monoisotopic (exact) mass is 266 g/mol. The highest BCUT2D eigenvalue weighted by Gasteiger charge is 2.35. The molecule has 0 aliphatic heterocycles. The van der Waals surface area contributed by atoms with E-state index < -0.39 is 17.5 Å². The van der Waals surface area contributed by atoms with Crippen LogP contribution in [0.5, 0.6) is 5.75 Å². The molecule has 0 amide bonds. The van der Waals surface area contributed by atoms with Crippen molar-refractivity contribution in [3.8, 4) is 5.75 Å². The highest BCUT2D eigenvalue weighted by atomic mass is 16.5. The lowest BCUT2D eigenvalue weighted by Crippen LogP contribution is -2.39. The van der Waals surface area contributed by atoms with Crippen LogP contribution in [0.2, 0.25) is 0 Å². The Morgan fingerprint density at radius 1 is 1.37 bits per heavy atom. The van der Waals surface area contributed by atoms with Crippen molar-refractivity contribution in [2.24, 2.45) is 5.92 Å². The molecule has 2 N–H and O–H groups in total. The maximum Gasteiger partial charge on any atom is 0.309 e. The lowest BCUT2D eigenvalue weighted by molar-refractivity contribution is -0.151. The van der Waals surface area contributed by atoms with Crippen molar-refractivity contribution >= 4 is 5.97 Å². The Labute approximate surface area is 114 Å². The first-order valence-corrected chi connectivity index (χ1v) is 6.48. The second-order valence-corrected chi connectivity index (χ2v) is 5.00. The molecule has 1 rings (SSSR count). The second kappa shape index (κ2) is 6.57. The predicted octanol–water partition coefficient (Wildman–Crippen LogP) is 2.49. The molecular weight excluding hydrogens is 244 g/mol. The van der Waals surface area contributed by atoms with Gasteiger partial charge >= 0.3 is 5.97 Å². The smallest absolute Gasteiger partial charge is 0.309 e. The molecule has 0 fully saturated rings. The molecule has 4 heteroatoms. The summed E-state index contributed by atoms with van der Waals surface area (Å²) in [5.41, 5.74) is -0.137. The molecule has 1 aromatic carbocycles. The SMILES string of the molecule is CCC(C(=O)O)C(C)(O)CCc1ccc(OC)cc1. The molecule has 4 nitrogen and oxygen atoms in total. The Bertz CT molecular complexity index is 409. The number of carboxylic acids is 1. The number of carboxylic acid groups (broad SMARTS) is 1. The molecule has 0 saturated heterocycles. The lowest BCUT2D eigenvalue weighted by Gasteiger charge is -2.29. The first-order chi connectivity index (χ1) is 8.90. The number of carbonyl (C=O) groups is 1. The first-order valence-electron chi connectivity index (χ1n) is 6.48. The minimum absolute atomic E-state index is 0.421. The normalized spacial score (nSPS) is 15.6. The van der Waals surface area contributed by atoms with E-state index in [9.17, 15) is 9.90 Å². The molecule has 0 radical (unpaired) electrons. The van der Waals surface area contributed by atoms with Gasteiger partial charge in [0, 0.05) is 0 Å². The Hall–Kier alpha value is -1.55. The number of hydrogen-bond acceptors (Lipinski definition) is 3. The number of rotatable bonds is 7. The van der Waals surface area contributed by atoms with Crippen LogP contribution in [-0.4, -0.2) is 28.9 Å². The van der Waals surface area contributed by atoms with E-state index in [0.29, 0.717) is 19.3 Å². The van der Waals surface area contributed by atoms with Crippen LogP contribution in [0.3, 0.4) is 0 Å². The molecule has 0 aliphatic rings. The number of methoxy groups -OCH3 is 1. The van der Waals surface area contributed by atoms with E-state index >= 15 is 0 Å². The van der Waals surface area contributed by atoms with Crippen LogP contribution in [0.25, 0.3) is 0 Å². The number of aliphatic hydroxyl groups is 1. The van der Waals surface area contributed by atoms with E-state index in [1.807, 2.05) is 24.3 Å². The van der Waals surface area contributed by atoms with Gasteiger partial charge in [0.15, 0.2) is 0 Å². The van der Waals surface area contributed by atoms with E-state index in [1.165, 1.54) is 0 Å². The average molecular weight is 266 g/mol. The van der Waals surface area contributed by atoms with Crippen LogP contribution in [0.15, 0.2) is 24.3 Å². The molecule has 106 valence electrons. The average Bonchev–Trinajstić information content (AvgIpc) is 2.37. The maximum atomic E-state index is 11.1. The third-order valence-corrected chi connectivity index (χ3v) is 3.54. The number of aryl methyl sites for hydroxylation is 1. The summed E-state index contributed by atoms with van der Waals surface area (Å²) in [6, 6.07) is 7.57. The van der Waals surface area contributed by atoms with Crippen molar-refractivity contribution in [2.75, 3.05) is 7.11 Å². The fourth-order valence-electron chi connectivity index (χ4n) is 2.24. The number of benzene rings is 1. The lowest BCUT2D eigenvalue weighted by atomic mass is 9.82. The molecule has 2 unspecified atom stereocenters. The molecule has 0 aliphatic carbocycles. The first kappa shape index (κ1) is 15.5. The summed E-state index contributed by atoms with van der Waals surface area (Å²) in [4.78, 5) is 11.1. The molecule has 19 heavy (non-hydrogen) atoms. The second-order valence-electron chi connectivity index (χ2n) is 5.00. The van der Waals surface area contributed by atoms with Crippen molar-refractivity contribution in [1.29, 1.82) is 0 Å². The van der Waals surface area contributed by atoms with Gasteiger partial charge in [-0.1, -0.05) is 19.1 Å². The quantitative estimate of drug-likeness (QED) is 0.795. The Kier molecular flexibility index (Phi) is 5.36. The Morgan fingerprint density at radius 3 is 2.37 bits per heavy atom. The molecule has 0 aromatic heterocycles. The molecule has 0 heterocycles. The van der Waals surface area contributed by atoms with E-state index in [1.54, 1.807) is 21.0 Å². The van der Waals surface area contributed by atoms with Crippen LogP contribution in [-0.2, 0) is 11.2 Å². The van der Waals surface area contributed by atoms with Crippen molar-refractivity contribution in [2.45, 2.75) is 38.7 Å². The van der Waals surface area contributed by atoms with Gasteiger partial charge in [0.1, 0.15) is 5.75 Å². The molecule has 2 atom stereocenters. The highest BCUT2D eigenvalue weighted by Crippen LogP contribution is 2.26. The summed E-state index contributed by atoms with van der Waals surface area (Å²) in [5.74, 6) is -0.888. The fraction of sp³-hybridized carbons (Fsp3) is 0.533. The molecule has 0 saturated carbocycles. The van der Waals surface area contributed by atoms with Crippen LogP contribution in [0, 0.1) is 5.92 Å². The van der Waals surface area contributed by atoms with Gasteiger partial charge in [-0.2, -0.15) is 0 Å². The minimum atomic E-state index is -1.19. The van der Waals surface area contributed by atoms with E-state index in [4.69, 9.17) is 9.84 Å². The van der Waals surface area contributed by atoms with Gasteiger partial charge < -0.3 is 14.9 Å². The summed E-state index contributed by atoms with van der Waals surface area (Å²) in [7, 11) is 1.61. The third-order valence-electron chi connectivity index (χ3n) is 3.54.